The maximum atomic E-state index is 11.6. The third-order valence-electron chi connectivity index (χ3n) is 5.29. The maximum Gasteiger partial charge on any atom is 0.159 e. The molecule has 1 atom stereocenters. The van der Waals surface area contributed by atoms with Crippen LogP contribution in [0.2, 0.25) is 0 Å². The van der Waals surface area contributed by atoms with Crippen molar-refractivity contribution in [2.45, 2.75) is 45.3 Å². The molecule has 6 heteroatoms. The molecule has 0 saturated carbocycles. The number of aliphatic hydroxyl groups is 1. The molecule has 3 aromatic rings. The summed E-state index contributed by atoms with van der Waals surface area (Å²) in [6.45, 7) is 6.16. The molecule has 0 bridgehead atoms. The molecule has 0 saturated heterocycles. The molecule has 6 nitrogen and oxygen atoms in total. The van der Waals surface area contributed by atoms with Gasteiger partial charge in [0, 0.05) is 40.3 Å². The number of aromatic amines is 1. The number of benzene rings is 2. The number of ketones is 1. The highest BCUT2D eigenvalue weighted by Gasteiger charge is 2.21. The van der Waals surface area contributed by atoms with Crippen molar-refractivity contribution in [1.29, 1.82) is 5.26 Å². The van der Waals surface area contributed by atoms with E-state index in [2.05, 4.69) is 42.4 Å². The molecular weight excluding hydrogens is 390 g/mol. The minimum absolute atomic E-state index is 0.0626. The smallest absolute Gasteiger partial charge is 0.159 e. The van der Waals surface area contributed by atoms with Crippen LogP contribution in [0.1, 0.15) is 42.3 Å². The molecule has 0 amide bonds. The van der Waals surface area contributed by atoms with Gasteiger partial charge in [0.05, 0.1) is 12.5 Å². The van der Waals surface area contributed by atoms with Crippen molar-refractivity contribution in [2.75, 3.05) is 13.2 Å². The van der Waals surface area contributed by atoms with Crippen molar-refractivity contribution in [3.8, 4) is 11.8 Å². The predicted molar refractivity (Wildman–Crippen MR) is 121 cm³/mol. The number of nitrogens with one attached hydrogen (secondary N) is 2. The van der Waals surface area contributed by atoms with Gasteiger partial charge in [-0.05, 0) is 57.0 Å². The average molecular weight is 420 g/mol. The van der Waals surface area contributed by atoms with E-state index in [4.69, 9.17) is 10.00 Å². The molecule has 0 aliphatic rings. The normalized spacial score (nSPS) is 12.5. The molecule has 0 aliphatic carbocycles. The van der Waals surface area contributed by atoms with Gasteiger partial charge in [-0.15, -0.1) is 0 Å². The summed E-state index contributed by atoms with van der Waals surface area (Å²) in [6.07, 6.45) is 2.27. The van der Waals surface area contributed by atoms with E-state index in [0.29, 0.717) is 23.4 Å². The number of aliphatic hydroxyl groups excluding tert-OH is 1. The molecule has 3 N–H and O–H groups in total. The van der Waals surface area contributed by atoms with Crippen LogP contribution in [0.5, 0.6) is 5.75 Å². The van der Waals surface area contributed by atoms with Gasteiger partial charge in [0.2, 0.25) is 0 Å². The third kappa shape index (κ3) is 5.94. The van der Waals surface area contributed by atoms with E-state index in [0.717, 1.165) is 11.9 Å². The lowest BCUT2D eigenvalue weighted by atomic mass is 9.94. The van der Waals surface area contributed by atoms with Gasteiger partial charge >= 0.3 is 0 Å². The molecule has 3 rings (SSSR count). The number of ether oxygens (including phenoxy) is 1. The van der Waals surface area contributed by atoms with Gasteiger partial charge in [0.25, 0.3) is 0 Å². The van der Waals surface area contributed by atoms with Crippen molar-refractivity contribution >= 4 is 16.7 Å². The molecule has 31 heavy (non-hydrogen) atoms. The van der Waals surface area contributed by atoms with Crippen molar-refractivity contribution in [2.24, 2.45) is 0 Å². The van der Waals surface area contributed by atoms with Crippen LogP contribution in [0, 0.1) is 11.3 Å². The number of fused-ring (bicyclic) bond motifs is 1. The fourth-order valence-corrected chi connectivity index (χ4v) is 3.62. The summed E-state index contributed by atoms with van der Waals surface area (Å²) in [5, 5.41) is 24.1. The van der Waals surface area contributed by atoms with Gasteiger partial charge in [0.1, 0.15) is 18.5 Å². The molecule has 0 radical (unpaired) electrons. The summed E-state index contributed by atoms with van der Waals surface area (Å²) >= 11 is 0. The first kappa shape index (κ1) is 22.5. The predicted octanol–water partition coefficient (Wildman–Crippen LogP) is 3.79. The maximum absolute atomic E-state index is 11.6. The lowest BCUT2D eigenvalue weighted by Crippen LogP contribution is -2.46. The fraction of sp³-hybridized carbons (Fsp3) is 0.360. The van der Waals surface area contributed by atoms with Crippen LogP contribution in [0.15, 0.2) is 48.7 Å². The van der Waals surface area contributed by atoms with Crippen molar-refractivity contribution in [1.82, 2.24) is 10.3 Å². The van der Waals surface area contributed by atoms with E-state index in [1.54, 1.807) is 18.2 Å². The van der Waals surface area contributed by atoms with Gasteiger partial charge in [-0.3, -0.25) is 4.79 Å². The van der Waals surface area contributed by atoms with Crippen LogP contribution in [0.3, 0.4) is 0 Å². The Morgan fingerprint density at radius 3 is 2.77 bits per heavy atom. The largest absolute Gasteiger partial charge is 0.491 e. The van der Waals surface area contributed by atoms with Crippen LogP contribution < -0.4 is 10.1 Å². The first-order valence-electron chi connectivity index (χ1n) is 10.4. The number of Topliss-reactive ketones (excluding diaryl/α,β-unsaturated/α-hetero) is 1. The second kappa shape index (κ2) is 9.78. The summed E-state index contributed by atoms with van der Waals surface area (Å²) in [5.74, 6) is 0.455. The van der Waals surface area contributed by atoms with Crippen molar-refractivity contribution in [3.63, 3.8) is 0 Å². The van der Waals surface area contributed by atoms with Gasteiger partial charge in [-0.1, -0.05) is 18.2 Å². The monoisotopic (exact) mass is 419 g/mol. The molecule has 1 unspecified atom stereocenters. The summed E-state index contributed by atoms with van der Waals surface area (Å²) in [6, 6.07) is 15.3. The topological polar surface area (TPSA) is 98.1 Å². The minimum Gasteiger partial charge on any atom is -0.491 e. The van der Waals surface area contributed by atoms with Gasteiger partial charge < -0.3 is 20.1 Å². The average Bonchev–Trinajstić information content (AvgIpc) is 3.14. The van der Waals surface area contributed by atoms with E-state index in [1.807, 2.05) is 18.3 Å². The second-order valence-electron chi connectivity index (χ2n) is 8.48. The van der Waals surface area contributed by atoms with Crippen LogP contribution >= 0.6 is 0 Å². The SMILES string of the molecule is CC(=O)c1ccc(OCC(O)CNC(C)(C)Cc2c[nH]c3ccccc23)c(CC#N)c1. The van der Waals surface area contributed by atoms with E-state index < -0.39 is 6.10 Å². The Morgan fingerprint density at radius 1 is 1.26 bits per heavy atom. The number of aromatic nitrogens is 1. The second-order valence-corrected chi connectivity index (χ2v) is 8.48. The molecule has 0 aliphatic heterocycles. The number of hydrogen-bond donors (Lipinski definition) is 3. The number of β-amino-alcohol motifs (C(OH)–C–C–N with tert-alkyl or cyclic N) is 1. The number of carbonyl (C=O) groups excluding carboxylic acids is 1. The molecule has 1 heterocycles. The number of nitrogens with zero attached hydrogens (tertiary/aromatic N) is 1. The first-order chi connectivity index (χ1) is 14.8. The third-order valence-corrected chi connectivity index (χ3v) is 5.29. The Balaban J connectivity index is 1.55. The van der Waals surface area contributed by atoms with E-state index >= 15 is 0 Å². The summed E-state index contributed by atoms with van der Waals surface area (Å²) in [4.78, 5) is 14.9. The van der Waals surface area contributed by atoms with Crippen molar-refractivity contribution < 1.29 is 14.6 Å². The number of para-hydroxylation sites is 1. The summed E-state index contributed by atoms with van der Waals surface area (Å²) < 4.78 is 5.76. The van der Waals surface area contributed by atoms with Gasteiger partial charge in [-0.25, -0.2) is 0 Å². The number of H-pyrrole nitrogens is 1. The standard InChI is InChI=1S/C25H29N3O3/c1-17(29)18-8-9-24(19(12-18)10-11-26)31-16-21(30)15-28-25(2,3)13-20-14-27-23-7-5-4-6-22(20)23/h4-9,12,14,21,27-28,30H,10,13,15-16H2,1-3H3. The summed E-state index contributed by atoms with van der Waals surface area (Å²) in [7, 11) is 0. The highest BCUT2D eigenvalue weighted by atomic mass is 16.5. The highest BCUT2D eigenvalue weighted by molar-refractivity contribution is 5.94. The Kier molecular flexibility index (Phi) is 7.11. The molecule has 1 aromatic heterocycles. The van der Waals surface area contributed by atoms with E-state index in [-0.39, 0.29) is 24.3 Å². The first-order valence-corrected chi connectivity index (χ1v) is 10.4. The fourth-order valence-electron chi connectivity index (χ4n) is 3.62. The van der Waals surface area contributed by atoms with Crippen LogP contribution in [-0.2, 0) is 12.8 Å². The van der Waals surface area contributed by atoms with E-state index in [1.165, 1.54) is 17.9 Å². The summed E-state index contributed by atoms with van der Waals surface area (Å²) in [5.41, 5.74) is 3.31. The zero-order chi connectivity index (χ0) is 22.4. The zero-order valence-corrected chi connectivity index (χ0v) is 18.2. The molecular formula is C25H29N3O3. The zero-order valence-electron chi connectivity index (χ0n) is 18.2. The molecule has 0 fully saturated rings. The van der Waals surface area contributed by atoms with Gasteiger partial charge in [-0.2, -0.15) is 5.26 Å². The number of carbonyl (C=O) groups is 1. The van der Waals surface area contributed by atoms with Crippen LogP contribution in [0.4, 0.5) is 0 Å². The minimum atomic E-state index is -0.718. The van der Waals surface area contributed by atoms with Gasteiger partial charge in [0.15, 0.2) is 5.78 Å². The lowest BCUT2D eigenvalue weighted by Gasteiger charge is -2.28. The lowest BCUT2D eigenvalue weighted by molar-refractivity contribution is 0.0981. The van der Waals surface area contributed by atoms with Crippen LogP contribution in [-0.4, -0.2) is 40.7 Å². The highest BCUT2D eigenvalue weighted by Crippen LogP contribution is 2.23. The molecule has 2 aromatic carbocycles. The Labute approximate surface area is 182 Å². The molecule has 0 spiro atoms. The van der Waals surface area contributed by atoms with Crippen LogP contribution in [0.25, 0.3) is 10.9 Å². The number of rotatable bonds is 10. The number of nitriles is 1. The Morgan fingerprint density at radius 2 is 2.03 bits per heavy atom. The quantitative estimate of drug-likeness (QED) is 0.434. The Bertz CT molecular complexity index is 1090. The van der Waals surface area contributed by atoms with Crippen molar-refractivity contribution in [3.05, 3.63) is 65.4 Å². The number of hydrogen-bond acceptors (Lipinski definition) is 5. The Hall–Kier alpha value is -3.14. The molecule has 162 valence electrons. The van der Waals surface area contributed by atoms with E-state index in [9.17, 15) is 9.90 Å².